The third-order valence-electron chi connectivity index (χ3n) is 1.42. The molecule has 1 aromatic heterocycles. The van der Waals surface area contributed by atoms with Crippen LogP contribution in [0, 0.1) is 4.77 Å². The largest absolute Gasteiger partial charge is 2.00 e. The maximum Gasteiger partial charge on any atom is 2.00 e. The fourth-order valence-electron chi connectivity index (χ4n) is 0.977. The summed E-state index contributed by atoms with van der Waals surface area (Å²) in [5.74, 6) is 0. The maximum atomic E-state index is 4.90. The van der Waals surface area contributed by atoms with E-state index >= 15 is 0 Å². The van der Waals surface area contributed by atoms with E-state index < -0.39 is 0 Å². The van der Waals surface area contributed by atoms with Crippen molar-refractivity contribution in [2.45, 2.75) is 0 Å². The minimum absolute atomic E-state index is 0. The number of hydrogen-bond acceptors (Lipinski definition) is 1. The first-order valence-electron chi connectivity index (χ1n) is 3.03. The normalized spacial score (nSPS) is 9.45. The molecule has 0 bridgehead atoms. The summed E-state index contributed by atoms with van der Waals surface area (Å²) in [5.41, 5.74) is 2.13. The van der Waals surface area contributed by atoms with Crippen LogP contribution in [0.5, 0.6) is 0 Å². The molecule has 0 aliphatic rings. The average molecular weight is 216 g/mol. The van der Waals surface area contributed by atoms with Gasteiger partial charge in [-0.25, -0.2) is 0 Å². The monoisotopic (exact) mass is 214 g/mol. The smallest absolute Gasteiger partial charge is 0.331 e. The van der Waals surface area contributed by atoms with Crippen LogP contribution in [0.2, 0.25) is 0 Å². The number of aromatic nitrogens is 2. The van der Waals surface area contributed by atoms with Gasteiger partial charge in [0, 0.05) is 0 Å². The number of rotatable bonds is 0. The van der Waals surface area contributed by atoms with Gasteiger partial charge in [0.25, 0.3) is 0 Å². The van der Waals surface area contributed by atoms with Gasteiger partial charge < -0.3 is 9.97 Å². The van der Waals surface area contributed by atoms with Crippen LogP contribution in [0.25, 0.3) is 11.0 Å². The van der Waals surface area contributed by atoms with E-state index in [1.165, 1.54) is 0 Å². The van der Waals surface area contributed by atoms with Gasteiger partial charge in [-0.1, -0.05) is 12.1 Å². The summed E-state index contributed by atoms with van der Waals surface area (Å²) in [7, 11) is 0. The Morgan fingerprint density at radius 2 is 1.45 bits per heavy atom. The molecule has 2 rings (SSSR count). The van der Waals surface area contributed by atoms with E-state index in [0.717, 1.165) is 11.0 Å². The van der Waals surface area contributed by atoms with Crippen LogP contribution < -0.4 is 0 Å². The van der Waals surface area contributed by atoms with E-state index in [2.05, 4.69) is 9.97 Å². The molecular formula is C7H6N2SZn+2. The van der Waals surface area contributed by atoms with Crippen molar-refractivity contribution < 1.29 is 19.5 Å². The molecular weight excluding hydrogens is 210 g/mol. The number of para-hydroxylation sites is 2. The second kappa shape index (κ2) is 3.29. The zero-order chi connectivity index (χ0) is 6.97. The molecule has 0 saturated heterocycles. The fourth-order valence-corrected chi connectivity index (χ4v) is 1.20. The summed E-state index contributed by atoms with van der Waals surface area (Å²) < 4.78 is 0.682. The van der Waals surface area contributed by atoms with Gasteiger partial charge >= 0.3 is 19.5 Å². The van der Waals surface area contributed by atoms with Gasteiger partial charge in [0.2, 0.25) is 0 Å². The van der Waals surface area contributed by atoms with Crippen molar-refractivity contribution in [2.24, 2.45) is 0 Å². The Bertz CT molecular complexity index is 368. The first kappa shape index (κ1) is 8.63. The van der Waals surface area contributed by atoms with E-state index in [1.807, 2.05) is 24.3 Å². The van der Waals surface area contributed by atoms with Crippen molar-refractivity contribution in [1.82, 2.24) is 9.97 Å². The molecule has 0 spiro atoms. The molecule has 0 unspecified atom stereocenters. The van der Waals surface area contributed by atoms with Crippen molar-refractivity contribution in [3.63, 3.8) is 0 Å². The Morgan fingerprint density at radius 1 is 1.00 bits per heavy atom. The molecule has 0 aliphatic heterocycles. The molecule has 50 valence electrons. The van der Waals surface area contributed by atoms with Crippen LogP contribution in [-0.4, -0.2) is 9.97 Å². The van der Waals surface area contributed by atoms with Gasteiger partial charge in [0.15, 0.2) is 4.77 Å². The van der Waals surface area contributed by atoms with Crippen molar-refractivity contribution >= 4 is 23.3 Å². The molecule has 0 saturated carbocycles. The molecule has 0 amide bonds. The molecule has 11 heavy (non-hydrogen) atoms. The van der Waals surface area contributed by atoms with Crippen LogP contribution >= 0.6 is 12.2 Å². The van der Waals surface area contributed by atoms with E-state index in [9.17, 15) is 0 Å². The van der Waals surface area contributed by atoms with Crippen LogP contribution in [0.1, 0.15) is 0 Å². The fraction of sp³-hybridized carbons (Fsp3) is 0. The Labute approximate surface area is 81.8 Å². The Balaban J connectivity index is 0.000000605. The Morgan fingerprint density at radius 3 is 1.91 bits per heavy atom. The number of fused-ring (bicyclic) bond motifs is 1. The second-order valence-electron chi connectivity index (χ2n) is 2.12. The molecule has 0 aliphatic carbocycles. The second-order valence-corrected chi connectivity index (χ2v) is 2.53. The molecule has 4 heteroatoms. The molecule has 1 heterocycles. The zero-order valence-corrected chi connectivity index (χ0v) is 9.71. The summed E-state index contributed by atoms with van der Waals surface area (Å²) in [6.07, 6.45) is 0. The molecule has 1 aromatic carbocycles. The van der Waals surface area contributed by atoms with E-state index in [0.29, 0.717) is 4.77 Å². The molecule has 0 radical (unpaired) electrons. The molecule has 0 atom stereocenters. The number of imidazole rings is 1. The van der Waals surface area contributed by atoms with Crippen molar-refractivity contribution in [1.29, 1.82) is 0 Å². The predicted molar refractivity (Wildman–Crippen MR) is 43.5 cm³/mol. The molecule has 2 nitrogen and oxygen atoms in total. The van der Waals surface area contributed by atoms with Crippen LogP contribution in [0.4, 0.5) is 0 Å². The number of nitrogens with one attached hydrogen (secondary N) is 2. The van der Waals surface area contributed by atoms with Crippen LogP contribution in [-0.2, 0) is 19.5 Å². The van der Waals surface area contributed by atoms with Gasteiger partial charge in [-0.2, -0.15) is 0 Å². The van der Waals surface area contributed by atoms with Crippen molar-refractivity contribution in [2.75, 3.05) is 0 Å². The summed E-state index contributed by atoms with van der Waals surface area (Å²) in [4.78, 5) is 6.04. The minimum atomic E-state index is 0. The van der Waals surface area contributed by atoms with E-state index in [-0.39, 0.29) is 19.5 Å². The standard InChI is InChI=1S/C7H6N2S.Zn/c10-7-8-5-3-1-2-4-6(5)9-7;/h1-4H,(H2,8,9,10);/q;+2. The summed E-state index contributed by atoms with van der Waals surface area (Å²) in [6, 6.07) is 7.92. The van der Waals surface area contributed by atoms with Gasteiger partial charge in [0.05, 0.1) is 11.0 Å². The first-order valence-corrected chi connectivity index (χ1v) is 3.44. The van der Waals surface area contributed by atoms with Crippen molar-refractivity contribution in [3.8, 4) is 0 Å². The first-order chi connectivity index (χ1) is 4.86. The quantitative estimate of drug-likeness (QED) is 0.513. The van der Waals surface area contributed by atoms with Gasteiger partial charge in [-0.05, 0) is 24.4 Å². The van der Waals surface area contributed by atoms with Gasteiger partial charge in [0.1, 0.15) is 0 Å². The number of H-pyrrole nitrogens is 2. The van der Waals surface area contributed by atoms with Crippen LogP contribution in [0.15, 0.2) is 24.3 Å². The number of hydrogen-bond donors (Lipinski definition) is 2. The van der Waals surface area contributed by atoms with Crippen molar-refractivity contribution in [3.05, 3.63) is 29.0 Å². The average Bonchev–Trinajstić information content (AvgIpc) is 2.27. The number of aromatic amines is 2. The molecule has 2 N–H and O–H groups in total. The summed E-state index contributed by atoms with van der Waals surface area (Å²) >= 11 is 4.90. The molecule has 0 fully saturated rings. The zero-order valence-electron chi connectivity index (χ0n) is 5.92. The summed E-state index contributed by atoms with van der Waals surface area (Å²) in [5, 5.41) is 0. The third-order valence-corrected chi connectivity index (χ3v) is 1.63. The third kappa shape index (κ3) is 1.58. The Kier molecular flexibility index (Phi) is 2.58. The summed E-state index contributed by atoms with van der Waals surface area (Å²) in [6.45, 7) is 0. The van der Waals surface area contributed by atoms with Gasteiger partial charge in [-0.15, -0.1) is 0 Å². The SMILES string of the molecule is S=c1[nH]c2ccccc2[nH]1.[Zn+2]. The molecule has 2 aromatic rings. The topological polar surface area (TPSA) is 31.6 Å². The van der Waals surface area contributed by atoms with E-state index in [4.69, 9.17) is 12.2 Å². The Hall–Kier alpha value is -0.467. The van der Waals surface area contributed by atoms with E-state index in [1.54, 1.807) is 0 Å². The van der Waals surface area contributed by atoms with Gasteiger partial charge in [-0.3, -0.25) is 0 Å². The minimum Gasteiger partial charge on any atom is -0.331 e. The number of benzene rings is 1. The predicted octanol–water partition coefficient (Wildman–Crippen LogP) is 2.22. The van der Waals surface area contributed by atoms with Crippen LogP contribution in [0.3, 0.4) is 0 Å². The maximum absolute atomic E-state index is 4.90.